The molecule has 0 saturated carbocycles. The molecule has 0 radical (unpaired) electrons. The van der Waals surface area contributed by atoms with Crippen LogP contribution in [0.3, 0.4) is 0 Å². The Balaban J connectivity index is 3.92. The molecule has 0 aliphatic heterocycles. The maximum absolute atomic E-state index is 12.9. The highest BCUT2D eigenvalue weighted by atomic mass is 31.2. The van der Waals surface area contributed by atoms with E-state index in [0.717, 1.165) is 70.6 Å². The van der Waals surface area contributed by atoms with Gasteiger partial charge in [0.2, 0.25) is 0 Å². The fourth-order valence-electron chi connectivity index (χ4n) is 11.9. The van der Waals surface area contributed by atoms with Crippen LogP contribution in [0.4, 0.5) is 0 Å². The third kappa shape index (κ3) is 78.3. The molecule has 0 aliphatic rings. The highest BCUT2D eigenvalue weighted by molar-refractivity contribution is 7.45. The Morgan fingerprint density at radius 3 is 0.914 bits per heavy atom. The van der Waals surface area contributed by atoms with Crippen LogP contribution in [0.15, 0.2) is 72.9 Å². The fraction of sp³-hybridized carbons (Fsp3) is 0.831. The Bertz CT molecular complexity index is 1800. The van der Waals surface area contributed by atoms with Gasteiger partial charge in [0.15, 0.2) is 6.10 Å². The lowest BCUT2D eigenvalue weighted by molar-refractivity contribution is -0.870. The van der Waals surface area contributed by atoms with Gasteiger partial charge in [-0.05, 0) is 64.2 Å². The van der Waals surface area contributed by atoms with E-state index in [1.807, 2.05) is 21.1 Å². The summed E-state index contributed by atoms with van der Waals surface area (Å²) in [5.41, 5.74) is 0. The number of quaternary nitrogens is 1. The van der Waals surface area contributed by atoms with Crippen molar-refractivity contribution in [2.45, 2.75) is 399 Å². The Hall–Kier alpha value is -2.55. The summed E-state index contributed by atoms with van der Waals surface area (Å²) < 4.78 is 34.4. The molecule has 0 amide bonds. The van der Waals surface area contributed by atoms with Gasteiger partial charge in [-0.25, -0.2) is 0 Å². The lowest BCUT2D eigenvalue weighted by Crippen LogP contribution is -2.37. The topological polar surface area (TPSA) is 111 Å². The SMILES string of the molecule is CC/C=C\C/C=C\C/C=C\C/C=C\C/C=C\C/C=C\CCCCCCCCCCCCCCCCCCCCCCC(=O)OC(COC(=O)CCCCCCCCCCCCCCCCCCCCCCCCCCCCCCCC)COP(=O)([O-])OCC[N+](C)(C)C. The number of hydrogen-bond donors (Lipinski definition) is 0. The first-order chi connectivity index (χ1) is 45.5. The van der Waals surface area contributed by atoms with Gasteiger partial charge in [-0.1, -0.05) is 389 Å². The number of carbonyl (C=O) groups excluding carboxylic acids is 2. The first-order valence-electron chi connectivity index (χ1n) is 40.1. The molecule has 0 bridgehead atoms. The Morgan fingerprint density at radius 2 is 0.613 bits per heavy atom. The van der Waals surface area contributed by atoms with Crippen molar-refractivity contribution >= 4 is 19.8 Å². The summed E-state index contributed by atoms with van der Waals surface area (Å²) in [4.78, 5) is 38.2. The fourth-order valence-corrected chi connectivity index (χ4v) is 12.6. The number of nitrogens with zero attached hydrogens (tertiary/aromatic N) is 1. The Kier molecular flexibility index (Phi) is 71.7. The minimum absolute atomic E-state index is 0.0288. The molecule has 0 aromatic carbocycles. The number of carbonyl (C=O) groups is 2. The lowest BCUT2D eigenvalue weighted by atomic mass is 10.0. The number of ether oxygens (including phenoxy) is 2. The van der Waals surface area contributed by atoms with E-state index in [1.54, 1.807) is 0 Å². The minimum Gasteiger partial charge on any atom is -0.756 e. The summed E-state index contributed by atoms with van der Waals surface area (Å²) in [6.07, 6.45) is 100. The molecule has 544 valence electrons. The highest BCUT2D eigenvalue weighted by Crippen LogP contribution is 2.38. The second-order valence-corrected chi connectivity index (χ2v) is 29.8. The number of unbranched alkanes of at least 4 members (excludes halogenated alkanes) is 49. The second-order valence-electron chi connectivity index (χ2n) is 28.4. The van der Waals surface area contributed by atoms with Crippen molar-refractivity contribution in [1.82, 2.24) is 0 Å². The van der Waals surface area contributed by atoms with Gasteiger partial charge in [0.25, 0.3) is 7.82 Å². The van der Waals surface area contributed by atoms with Crippen molar-refractivity contribution in [1.29, 1.82) is 0 Å². The predicted molar refractivity (Wildman–Crippen MR) is 402 cm³/mol. The normalized spacial score (nSPS) is 13.4. The highest BCUT2D eigenvalue weighted by Gasteiger charge is 2.22. The largest absolute Gasteiger partial charge is 0.756 e. The average molecular weight is 1330 g/mol. The van der Waals surface area contributed by atoms with Crippen LogP contribution >= 0.6 is 7.82 Å². The summed E-state index contributed by atoms with van der Waals surface area (Å²) in [7, 11) is 1.19. The molecule has 0 heterocycles. The molecule has 0 spiro atoms. The zero-order chi connectivity index (χ0) is 67.6. The molecule has 10 heteroatoms. The van der Waals surface area contributed by atoms with Gasteiger partial charge >= 0.3 is 11.9 Å². The van der Waals surface area contributed by atoms with Crippen molar-refractivity contribution in [3.05, 3.63) is 72.9 Å². The standard InChI is InChI=1S/C83H154NO8P/c1-6-8-10-12-14-16-18-20-22-24-26-28-30-32-34-36-38-39-40-41-42-43-44-45-46-48-50-52-54-56-58-60-62-64-66-68-70-72-74-76-83(86)92-81(80-91-93(87,88)90-78-77-84(3,4)5)79-89-82(85)75-73-71-69-67-65-63-61-59-57-55-53-51-49-47-37-35-33-31-29-27-25-23-21-19-17-15-13-11-9-7-2/h8,10,14,16,20,22,26,28,32,34,38-39,81H,6-7,9,11-13,15,17-19,21,23-25,27,29-31,33,35-37,40-80H2,1-5H3/b10-8-,16-14-,22-20-,28-26-,34-32-,39-38-. The van der Waals surface area contributed by atoms with Crippen LogP contribution in [0.1, 0.15) is 393 Å². The summed E-state index contributed by atoms with van der Waals surface area (Å²) in [5, 5.41) is 0. The molecule has 2 unspecified atom stereocenters. The van der Waals surface area contributed by atoms with Crippen LogP contribution in [0.2, 0.25) is 0 Å². The van der Waals surface area contributed by atoms with Crippen LogP contribution in [0.5, 0.6) is 0 Å². The van der Waals surface area contributed by atoms with Crippen LogP contribution in [0.25, 0.3) is 0 Å². The molecule has 0 aromatic rings. The monoisotopic (exact) mass is 1320 g/mol. The van der Waals surface area contributed by atoms with E-state index < -0.39 is 26.5 Å². The maximum Gasteiger partial charge on any atom is 0.306 e. The summed E-state index contributed by atoms with van der Waals surface area (Å²) >= 11 is 0. The van der Waals surface area contributed by atoms with Crippen molar-refractivity contribution in [2.75, 3.05) is 47.5 Å². The van der Waals surface area contributed by atoms with Crippen LogP contribution in [-0.4, -0.2) is 70.0 Å². The van der Waals surface area contributed by atoms with E-state index >= 15 is 0 Å². The van der Waals surface area contributed by atoms with E-state index in [0.29, 0.717) is 17.4 Å². The van der Waals surface area contributed by atoms with E-state index in [1.165, 1.54) is 289 Å². The molecule has 2 atom stereocenters. The molecule has 0 N–H and O–H groups in total. The van der Waals surface area contributed by atoms with E-state index in [9.17, 15) is 19.0 Å². The average Bonchev–Trinajstić information content (AvgIpc) is 2.01. The zero-order valence-corrected chi connectivity index (χ0v) is 63.1. The van der Waals surface area contributed by atoms with E-state index in [-0.39, 0.29) is 32.0 Å². The van der Waals surface area contributed by atoms with Gasteiger partial charge in [0, 0.05) is 12.8 Å². The maximum atomic E-state index is 12.9. The van der Waals surface area contributed by atoms with Gasteiger partial charge in [-0.15, -0.1) is 0 Å². The summed E-state index contributed by atoms with van der Waals surface area (Å²) in [6.45, 7) is 4.20. The minimum atomic E-state index is -4.64. The number of hydrogen-bond acceptors (Lipinski definition) is 8. The molecule has 0 saturated heterocycles. The molecule has 0 aromatic heterocycles. The van der Waals surface area contributed by atoms with Crippen LogP contribution < -0.4 is 4.89 Å². The van der Waals surface area contributed by atoms with Gasteiger partial charge in [-0.3, -0.25) is 14.2 Å². The van der Waals surface area contributed by atoms with Crippen molar-refractivity contribution in [3.63, 3.8) is 0 Å². The lowest BCUT2D eigenvalue weighted by Gasteiger charge is -2.28. The third-order valence-corrected chi connectivity index (χ3v) is 19.0. The molecule has 0 rings (SSSR count). The molecule has 0 fully saturated rings. The first kappa shape index (κ1) is 90.5. The molecular weight excluding hydrogens is 1170 g/mol. The van der Waals surface area contributed by atoms with Crippen LogP contribution in [0, 0.1) is 0 Å². The van der Waals surface area contributed by atoms with Gasteiger partial charge < -0.3 is 27.9 Å². The molecular formula is C83H154NO8P. The zero-order valence-electron chi connectivity index (χ0n) is 62.2. The number of phosphoric ester groups is 1. The first-order valence-corrected chi connectivity index (χ1v) is 41.6. The molecule has 93 heavy (non-hydrogen) atoms. The quantitative estimate of drug-likeness (QED) is 0.0195. The Labute approximate surface area is 578 Å². The predicted octanol–water partition coefficient (Wildman–Crippen LogP) is 26.0. The number of likely N-dealkylation sites (N-methyl/N-ethyl adjacent to an activating group) is 1. The van der Waals surface area contributed by atoms with E-state index in [2.05, 4.69) is 86.8 Å². The van der Waals surface area contributed by atoms with Gasteiger partial charge in [0.05, 0.1) is 27.7 Å². The number of rotatable bonds is 75. The molecule has 9 nitrogen and oxygen atoms in total. The summed E-state index contributed by atoms with van der Waals surface area (Å²) in [5.74, 6) is -0.810. The van der Waals surface area contributed by atoms with Crippen molar-refractivity contribution in [3.8, 4) is 0 Å². The second kappa shape index (κ2) is 73.7. The number of esters is 2. The molecule has 0 aliphatic carbocycles. The van der Waals surface area contributed by atoms with E-state index in [4.69, 9.17) is 18.5 Å². The smallest absolute Gasteiger partial charge is 0.306 e. The number of allylic oxidation sites excluding steroid dienone is 12. The van der Waals surface area contributed by atoms with Gasteiger partial charge in [0.1, 0.15) is 19.8 Å². The van der Waals surface area contributed by atoms with Crippen LogP contribution in [-0.2, 0) is 32.7 Å². The Morgan fingerprint density at radius 1 is 0.344 bits per heavy atom. The summed E-state index contributed by atoms with van der Waals surface area (Å²) in [6, 6.07) is 0. The van der Waals surface area contributed by atoms with Crippen molar-refractivity contribution < 1.29 is 42.1 Å². The third-order valence-electron chi connectivity index (χ3n) is 18.0. The van der Waals surface area contributed by atoms with Crippen molar-refractivity contribution in [2.24, 2.45) is 0 Å². The van der Waals surface area contributed by atoms with Gasteiger partial charge in [-0.2, -0.15) is 0 Å². The number of phosphoric acid groups is 1.